The van der Waals surface area contributed by atoms with E-state index in [4.69, 9.17) is 0 Å². The van der Waals surface area contributed by atoms with Gasteiger partial charge in [-0.2, -0.15) is 26.3 Å². The summed E-state index contributed by atoms with van der Waals surface area (Å²) < 4.78 is 81.0. The zero-order valence-electron chi connectivity index (χ0n) is 13.9. The summed E-state index contributed by atoms with van der Waals surface area (Å²) in [4.78, 5) is 7.70. The molecule has 0 atom stereocenters. The van der Waals surface area contributed by atoms with Gasteiger partial charge in [-0.3, -0.25) is 0 Å². The van der Waals surface area contributed by atoms with Gasteiger partial charge in [0.25, 0.3) is 0 Å². The first-order valence-electron chi connectivity index (χ1n) is 8.21. The molecule has 3 rings (SSSR count). The first-order chi connectivity index (χ1) is 12.1. The van der Waals surface area contributed by atoms with Gasteiger partial charge in [-0.05, 0) is 19.8 Å². The molecule has 0 aromatic heterocycles. The van der Waals surface area contributed by atoms with E-state index in [1.807, 2.05) is 0 Å². The molecule has 1 aromatic carbocycles. The lowest BCUT2D eigenvalue weighted by molar-refractivity contribution is -0.293. The maximum atomic E-state index is 13.5. The van der Waals surface area contributed by atoms with Crippen LogP contribution in [0.3, 0.4) is 0 Å². The SMILES string of the molecule is CC1=NC(C(F)(F)F)(C(F)(F)F)N=C(c2ccccc2)N1C1CCCC1. The van der Waals surface area contributed by atoms with Gasteiger partial charge in [-0.1, -0.05) is 43.2 Å². The zero-order valence-corrected chi connectivity index (χ0v) is 13.9. The van der Waals surface area contributed by atoms with E-state index in [-0.39, 0.29) is 23.3 Å². The monoisotopic (exact) mass is 377 g/mol. The minimum atomic E-state index is -5.70. The van der Waals surface area contributed by atoms with Crippen LogP contribution in [0.4, 0.5) is 26.3 Å². The fourth-order valence-corrected chi connectivity index (χ4v) is 3.48. The Balaban J connectivity index is 2.22. The van der Waals surface area contributed by atoms with Crippen LogP contribution in [0, 0.1) is 0 Å². The van der Waals surface area contributed by atoms with Crippen LogP contribution < -0.4 is 0 Å². The third-order valence-corrected chi connectivity index (χ3v) is 4.68. The molecule has 3 nitrogen and oxygen atoms in total. The predicted molar refractivity (Wildman–Crippen MR) is 85.0 cm³/mol. The number of halogens is 6. The summed E-state index contributed by atoms with van der Waals surface area (Å²) in [7, 11) is 0. The van der Waals surface area contributed by atoms with Crippen molar-refractivity contribution >= 4 is 11.7 Å². The van der Waals surface area contributed by atoms with Crippen molar-refractivity contribution in [3.63, 3.8) is 0 Å². The third kappa shape index (κ3) is 2.97. The standard InChI is InChI=1S/C17H17F6N3/c1-11-24-15(16(18,19)20,17(21,22)23)25-14(12-7-3-2-4-8-12)26(11)13-9-5-6-10-13/h2-4,7-8,13H,5-6,9-10H2,1H3. The number of aliphatic imine (C=N–C) groups is 2. The molecular weight excluding hydrogens is 360 g/mol. The molecule has 0 amide bonds. The lowest BCUT2D eigenvalue weighted by Gasteiger charge is -2.41. The van der Waals surface area contributed by atoms with Crippen LogP contribution in [0.25, 0.3) is 0 Å². The highest BCUT2D eigenvalue weighted by molar-refractivity contribution is 6.10. The third-order valence-electron chi connectivity index (χ3n) is 4.68. The Morgan fingerprint density at radius 2 is 1.46 bits per heavy atom. The second kappa shape index (κ2) is 6.28. The van der Waals surface area contributed by atoms with Crippen LogP contribution in [0.1, 0.15) is 38.2 Å². The molecule has 1 fully saturated rings. The van der Waals surface area contributed by atoms with E-state index in [0.29, 0.717) is 12.8 Å². The Morgan fingerprint density at radius 3 is 1.96 bits per heavy atom. The Hall–Kier alpha value is -2.06. The molecule has 142 valence electrons. The molecule has 1 aliphatic heterocycles. The van der Waals surface area contributed by atoms with Gasteiger partial charge in [0.15, 0.2) is 0 Å². The van der Waals surface area contributed by atoms with Gasteiger partial charge in [0.1, 0.15) is 11.7 Å². The summed E-state index contributed by atoms with van der Waals surface area (Å²) >= 11 is 0. The molecule has 9 heteroatoms. The fourth-order valence-electron chi connectivity index (χ4n) is 3.48. The average Bonchev–Trinajstić information content (AvgIpc) is 3.06. The summed E-state index contributed by atoms with van der Waals surface area (Å²) in [6.45, 7) is 1.18. The van der Waals surface area contributed by atoms with Crippen LogP contribution >= 0.6 is 0 Å². The predicted octanol–water partition coefficient (Wildman–Crippen LogP) is 4.93. The topological polar surface area (TPSA) is 28.0 Å². The van der Waals surface area contributed by atoms with Crippen molar-refractivity contribution < 1.29 is 26.3 Å². The molecule has 26 heavy (non-hydrogen) atoms. The first kappa shape index (κ1) is 18.7. The number of hydrogen-bond donors (Lipinski definition) is 0. The molecule has 1 aromatic rings. The second-order valence-corrected chi connectivity index (χ2v) is 6.44. The molecule has 1 saturated carbocycles. The van der Waals surface area contributed by atoms with Crippen molar-refractivity contribution in [2.24, 2.45) is 9.98 Å². The van der Waals surface area contributed by atoms with Crippen LogP contribution in [-0.2, 0) is 0 Å². The van der Waals surface area contributed by atoms with E-state index >= 15 is 0 Å². The highest BCUT2D eigenvalue weighted by Gasteiger charge is 2.73. The van der Waals surface area contributed by atoms with E-state index in [1.165, 1.54) is 24.0 Å². The smallest absolute Gasteiger partial charge is 0.312 e. The van der Waals surface area contributed by atoms with Gasteiger partial charge in [0.05, 0.1) is 0 Å². The lowest BCUT2D eigenvalue weighted by Crippen LogP contribution is -2.60. The highest BCUT2D eigenvalue weighted by atomic mass is 19.4. The quantitative estimate of drug-likeness (QED) is 0.672. The number of benzene rings is 1. The Kier molecular flexibility index (Phi) is 4.52. The number of alkyl halides is 6. The molecule has 1 aliphatic carbocycles. The van der Waals surface area contributed by atoms with E-state index in [2.05, 4.69) is 9.98 Å². The average molecular weight is 377 g/mol. The lowest BCUT2D eigenvalue weighted by atomic mass is 10.1. The largest absolute Gasteiger partial charge is 0.443 e. The normalized spacial score (nSPS) is 21.6. The molecule has 0 spiro atoms. The van der Waals surface area contributed by atoms with Crippen molar-refractivity contribution in [3.8, 4) is 0 Å². The van der Waals surface area contributed by atoms with E-state index in [1.54, 1.807) is 18.2 Å². The van der Waals surface area contributed by atoms with Gasteiger partial charge < -0.3 is 4.90 Å². The van der Waals surface area contributed by atoms with Gasteiger partial charge in [0.2, 0.25) is 0 Å². The molecule has 0 bridgehead atoms. The molecule has 0 radical (unpaired) electrons. The van der Waals surface area contributed by atoms with Gasteiger partial charge in [-0.25, -0.2) is 9.98 Å². The second-order valence-electron chi connectivity index (χ2n) is 6.44. The van der Waals surface area contributed by atoms with Gasteiger partial charge >= 0.3 is 18.0 Å². The van der Waals surface area contributed by atoms with Crippen LogP contribution in [-0.4, -0.2) is 40.6 Å². The molecular formula is C17H17F6N3. The molecule has 2 aliphatic rings. The number of nitrogens with zero attached hydrogens (tertiary/aromatic N) is 3. The molecule has 0 N–H and O–H groups in total. The fraction of sp³-hybridized carbons (Fsp3) is 0.529. The van der Waals surface area contributed by atoms with Crippen molar-refractivity contribution in [1.82, 2.24) is 4.90 Å². The Labute approximate surface area is 146 Å². The van der Waals surface area contributed by atoms with Crippen molar-refractivity contribution in [2.45, 2.75) is 56.7 Å². The zero-order chi connectivity index (χ0) is 19.2. The Bertz CT molecular complexity index is 700. The maximum Gasteiger partial charge on any atom is 0.443 e. The van der Waals surface area contributed by atoms with E-state index in [9.17, 15) is 26.3 Å². The van der Waals surface area contributed by atoms with E-state index in [0.717, 1.165) is 12.8 Å². The van der Waals surface area contributed by atoms with Gasteiger partial charge in [0, 0.05) is 11.6 Å². The minimum absolute atomic E-state index is 0.200. The van der Waals surface area contributed by atoms with Crippen LogP contribution in [0.5, 0.6) is 0 Å². The van der Waals surface area contributed by atoms with E-state index < -0.39 is 18.0 Å². The summed E-state index contributed by atoms with van der Waals surface area (Å²) in [5.74, 6) is -0.653. The van der Waals surface area contributed by atoms with Crippen LogP contribution in [0.15, 0.2) is 40.3 Å². The summed E-state index contributed by atoms with van der Waals surface area (Å²) in [5.41, 5.74) is -4.28. The highest BCUT2D eigenvalue weighted by Crippen LogP contribution is 2.49. The van der Waals surface area contributed by atoms with Crippen molar-refractivity contribution in [3.05, 3.63) is 35.9 Å². The summed E-state index contributed by atoms with van der Waals surface area (Å²) in [5, 5.41) is 0. The number of hydrogen-bond acceptors (Lipinski definition) is 3. The first-order valence-corrected chi connectivity index (χ1v) is 8.21. The molecule has 0 saturated heterocycles. The number of amidine groups is 2. The Morgan fingerprint density at radius 1 is 0.923 bits per heavy atom. The molecule has 1 heterocycles. The van der Waals surface area contributed by atoms with Crippen LogP contribution in [0.2, 0.25) is 0 Å². The van der Waals surface area contributed by atoms with Crippen molar-refractivity contribution in [2.75, 3.05) is 0 Å². The van der Waals surface area contributed by atoms with Crippen molar-refractivity contribution in [1.29, 1.82) is 0 Å². The van der Waals surface area contributed by atoms with Gasteiger partial charge in [-0.15, -0.1) is 0 Å². The number of rotatable bonds is 2. The minimum Gasteiger partial charge on any atom is -0.312 e. The summed E-state index contributed by atoms with van der Waals surface area (Å²) in [6, 6.07) is 7.43. The maximum absolute atomic E-state index is 13.5. The molecule has 0 unspecified atom stereocenters. The summed E-state index contributed by atoms with van der Waals surface area (Å²) in [6.07, 6.45) is -8.34.